The molecule has 0 aromatic heterocycles. The maximum Gasteiger partial charge on any atom is 0.281 e. The Balaban J connectivity index is 2.32. The highest BCUT2D eigenvalue weighted by atomic mass is 16.7. The van der Waals surface area contributed by atoms with E-state index < -0.39 is 5.91 Å². The van der Waals surface area contributed by atoms with Crippen LogP contribution in [-0.4, -0.2) is 39.2 Å². The summed E-state index contributed by atoms with van der Waals surface area (Å²) in [5.74, 6) is 0.133. The van der Waals surface area contributed by atoms with Gasteiger partial charge in [0.1, 0.15) is 0 Å². The summed E-state index contributed by atoms with van der Waals surface area (Å²) in [4.78, 5) is 26.8. The topological polar surface area (TPSA) is 85.9 Å². The third-order valence-corrected chi connectivity index (χ3v) is 2.10. The zero-order valence-electron chi connectivity index (χ0n) is 10.8. The standard InChI is InChI=1S/C12H16N2O5/c1-13-11(15)8-19-14-12(16)7-18-10-6-4-3-5-9(10)17-2/h3-6H,7-8H2,1-2H3,(H,13,15)(H,14,16). The van der Waals surface area contributed by atoms with Gasteiger partial charge in [-0.05, 0) is 12.1 Å². The van der Waals surface area contributed by atoms with Crippen LogP contribution in [0.5, 0.6) is 11.5 Å². The molecule has 1 aromatic carbocycles. The zero-order valence-corrected chi connectivity index (χ0v) is 10.8. The van der Waals surface area contributed by atoms with Gasteiger partial charge in [0.15, 0.2) is 24.7 Å². The van der Waals surface area contributed by atoms with E-state index in [0.717, 1.165) is 0 Å². The van der Waals surface area contributed by atoms with Crippen molar-refractivity contribution in [1.82, 2.24) is 10.8 Å². The van der Waals surface area contributed by atoms with Crippen LogP contribution in [-0.2, 0) is 14.4 Å². The predicted molar refractivity (Wildman–Crippen MR) is 66.7 cm³/mol. The summed E-state index contributed by atoms with van der Waals surface area (Å²) in [6.45, 7) is -0.495. The van der Waals surface area contributed by atoms with Gasteiger partial charge >= 0.3 is 0 Å². The molecule has 0 radical (unpaired) electrons. The molecular formula is C12H16N2O5. The molecule has 1 aromatic rings. The molecule has 2 N–H and O–H groups in total. The Morgan fingerprint density at radius 2 is 1.79 bits per heavy atom. The van der Waals surface area contributed by atoms with E-state index in [1.807, 2.05) is 0 Å². The number of ether oxygens (including phenoxy) is 2. The number of methoxy groups -OCH3 is 1. The second kappa shape index (κ2) is 7.93. The minimum atomic E-state index is -0.505. The van der Waals surface area contributed by atoms with Gasteiger partial charge in [-0.25, -0.2) is 5.48 Å². The number of benzene rings is 1. The van der Waals surface area contributed by atoms with Crippen LogP contribution < -0.4 is 20.3 Å². The number of carbonyl (C=O) groups is 2. The molecule has 0 saturated heterocycles. The van der Waals surface area contributed by atoms with Gasteiger partial charge in [-0.2, -0.15) is 0 Å². The van der Waals surface area contributed by atoms with Crippen LogP contribution in [0.15, 0.2) is 24.3 Å². The maximum atomic E-state index is 11.4. The Kier molecular flexibility index (Phi) is 6.17. The van der Waals surface area contributed by atoms with Gasteiger partial charge in [0.2, 0.25) is 5.91 Å². The zero-order chi connectivity index (χ0) is 14.1. The van der Waals surface area contributed by atoms with E-state index in [-0.39, 0.29) is 19.1 Å². The van der Waals surface area contributed by atoms with Crippen LogP contribution in [0.4, 0.5) is 0 Å². The van der Waals surface area contributed by atoms with Crippen LogP contribution in [0, 0.1) is 0 Å². The number of para-hydroxylation sites is 2. The molecule has 0 bridgehead atoms. The van der Waals surface area contributed by atoms with Crippen molar-refractivity contribution in [2.75, 3.05) is 27.4 Å². The first-order chi connectivity index (χ1) is 9.17. The fraction of sp³-hybridized carbons (Fsp3) is 0.333. The molecule has 7 heteroatoms. The van der Waals surface area contributed by atoms with Crippen molar-refractivity contribution in [3.63, 3.8) is 0 Å². The predicted octanol–water partition coefficient (Wildman–Crippen LogP) is -0.132. The fourth-order valence-electron chi connectivity index (χ4n) is 1.17. The molecule has 7 nitrogen and oxygen atoms in total. The highest BCUT2D eigenvalue weighted by molar-refractivity contribution is 5.78. The van der Waals surface area contributed by atoms with Crippen molar-refractivity contribution >= 4 is 11.8 Å². The first-order valence-electron chi connectivity index (χ1n) is 5.54. The summed E-state index contributed by atoms with van der Waals surface area (Å²) in [5, 5.41) is 2.35. The summed E-state index contributed by atoms with van der Waals surface area (Å²) in [5.41, 5.74) is 2.09. The Labute approximate surface area is 110 Å². The summed E-state index contributed by atoms with van der Waals surface area (Å²) < 4.78 is 10.3. The van der Waals surface area contributed by atoms with Gasteiger partial charge in [0.25, 0.3) is 5.91 Å². The molecule has 0 fully saturated rings. The third-order valence-electron chi connectivity index (χ3n) is 2.10. The summed E-state index contributed by atoms with van der Waals surface area (Å²) in [6, 6.07) is 6.95. The SMILES string of the molecule is CNC(=O)CONC(=O)COc1ccccc1OC. The molecule has 104 valence electrons. The minimum absolute atomic E-state index is 0.242. The highest BCUT2D eigenvalue weighted by Crippen LogP contribution is 2.25. The van der Waals surface area contributed by atoms with Crippen LogP contribution >= 0.6 is 0 Å². The van der Waals surface area contributed by atoms with Gasteiger partial charge in [0, 0.05) is 7.05 Å². The number of rotatable bonds is 7. The van der Waals surface area contributed by atoms with E-state index in [4.69, 9.17) is 9.47 Å². The van der Waals surface area contributed by atoms with Gasteiger partial charge in [0.05, 0.1) is 7.11 Å². The van der Waals surface area contributed by atoms with E-state index in [2.05, 4.69) is 15.6 Å². The number of nitrogens with one attached hydrogen (secondary N) is 2. The number of hydrogen-bond donors (Lipinski definition) is 2. The summed E-state index contributed by atoms with van der Waals surface area (Å²) >= 11 is 0. The van der Waals surface area contributed by atoms with Crippen LogP contribution in [0.1, 0.15) is 0 Å². The molecule has 0 aliphatic carbocycles. The quantitative estimate of drug-likeness (QED) is 0.673. The van der Waals surface area contributed by atoms with E-state index in [0.29, 0.717) is 11.5 Å². The Morgan fingerprint density at radius 3 is 2.42 bits per heavy atom. The Hall–Kier alpha value is -2.28. The first kappa shape index (κ1) is 14.8. The smallest absolute Gasteiger partial charge is 0.281 e. The normalized spacial score (nSPS) is 9.58. The molecule has 0 aliphatic heterocycles. The van der Waals surface area contributed by atoms with Crippen molar-refractivity contribution in [3.8, 4) is 11.5 Å². The lowest BCUT2D eigenvalue weighted by atomic mass is 10.3. The van der Waals surface area contributed by atoms with Crippen molar-refractivity contribution in [2.45, 2.75) is 0 Å². The minimum Gasteiger partial charge on any atom is -0.493 e. The maximum absolute atomic E-state index is 11.4. The third kappa shape index (κ3) is 5.26. The van der Waals surface area contributed by atoms with Crippen molar-refractivity contribution in [1.29, 1.82) is 0 Å². The lowest BCUT2D eigenvalue weighted by molar-refractivity contribution is -0.140. The molecular weight excluding hydrogens is 252 g/mol. The van der Waals surface area contributed by atoms with E-state index in [1.54, 1.807) is 24.3 Å². The summed E-state index contributed by atoms with van der Waals surface area (Å²) in [7, 11) is 2.98. The van der Waals surface area contributed by atoms with Gasteiger partial charge in [-0.3, -0.25) is 14.4 Å². The first-order valence-corrected chi connectivity index (χ1v) is 5.54. The van der Waals surface area contributed by atoms with E-state index in [9.17, 15) is 9.59 Å². The van der Waals surface area contributed by atoms with Crippen molar-refractivity contribution in [3.05, 3.63) is 24.3 Å². The van der Waals surface area contributed by atoms with Gasteiger partial charge in [-0.1, -0.05) is 12.1 Å². The lowest BCUT2D eigenvalue weighted by Crippen LogP contribution is -2.33. The van der Waals surface area contributed by atoms with Crippen LogP contribution in [0.3, 0.4) is 0 Å². The molecule has 0 spiro atoms. The number of hydroxylamine groups is 1. The molecule has 1 rings (SSSR count). The highest BCUT2D eigenvalue weighted by Gasteiger charge is 2.07. The van der Waals surface area contributed by atoms with Gasteiger partial charge in [-0.15, -0.1) is 0 Å². The average molecular weight is 268 g/mol. The molecule has 0 aliphatic rings. The molecule has 2 amide bonds. The second-order valence-corrected chi connectivity index (χ2v) is 3.43. The Bertz CT molecular complexity index is 436. The molecule has 19 heavy (non-hydrogen) atoms. The number of likely N-dealkylation sites (N-methyl/N-ethyl adjacent to an activating group) is 1. The van der Waals surface area contributed by atoms with Crippen molar-refractivity contribution < 1.29 is 23.9 Å². The Morgan fingerprint density at radius 1 is 1.11 bits per heavy atom. The number of amides is 2. The van der Waals surface area contributed by atoms with Crippen molar-refractivity contribution in [2.24, 2.45) is 0 Å². The van der Waals surface area contributed by atoms with Crippen LogP contribution in [0.2, 0.25) is 0 Å². The number of carbonyl (C=O) groups excluding carboxylic acids is 2. The molecule has 0 unspecified atom stereocenters. The second-order valence-electron chi connectivity index (χ2n) is 3.43. The largest absolute Gasteiger partial charge is 0.493 e. The van der Waals surface area contributed by atoms with Gasteiger partial charge < -0.3 is 14.8 Å². The molecule has 0 atom stereocenters. The average Bonchev–Trinajstić information content (AvgIpc) is 2.45. The number of hydrogen-bond acceptors (Lipinski definition) is 5. The lowest BCUT2D eigenvalue weighted by Gasteiger charge is -2.10. The molecule has 0 saturated carbocycles. The van der Waals surface area contributed by atoms with E-state index in [1.165, 1.54) is 14.2 Å². The fourth-order valence-corrected chi connectivity index (χ4v) is 1.17. The van der Waals surface area contributed by atoms with Crippen LogP contribution in [0.25, 0.3) is 0 Å². The van der Waals surface area contributed by atoms with E-state index >= 15 is 0 Å². The monoisotopic (exact) mass is 268 g/mol. The summed E-state index contributed by atoms with van der Waals surface area (Å²) in [6.07, 6.45) is 0. The molecule has 0 heterocycles.